The van der Waals surface area contributed by atoms with Crippen molar-refractivity contribution in [2.75, 3.05) is 0 Å². The summed E-state index contributed by atoms with van der Waals surface area (Å²) in [6.45, 7) is 5.91. The molecule has 0 aliphatic carbocycles. The Bertz CT molecular complexity index is 463. The summed E-state index contributed by atoms with van der Waals surface area (Å²) in [6.07, 6.45) is 2.94. The highest BCUT2D eigenvalue weighted by Crippen LogP contribution is 2.20. The second-order valence-corrected chi connectivity index (χ2v) is 4.14. The largest absolute Gasteiger partial charge is 0.309 e. The monoisotopic (exact) mass is 188 g/mol. The highest BCUT2D eigenvalue weighted by atomic mass is 15.2. The van der Waals surface area contributed by atoms with Gasteiger partial charge in [-0.3, -0.25) is 0 Å². The van der Waals surface area contributed by atoms with E-state index in [1.165, 1.54) is 0 Å². The molecule has 0 amide bonds. The van der Waals surface area contributed by atoms with Crippen LogP contribution in [0.5, 0.6) is 0 Å². The van der Waals surface area contributed by atoms with E-state index in [-0.39, 0.29) is 0 Å². The molecule has 73 valence electrons. The van der Waals surface area contributed by atoms with Gasteiger partial charge in [0.25, 0.3) is 0 Å². The summed E-state index contributed by atoms with van der Waals surface area (Å²) < 4.78 is 1.87. The Morgan fingerprint density at radius 3 is 2.79 bits per heavy atom. The van der Waals surface area contributed by atoms with Crippen LogP contribution in [0, 0.1) is 13.3 Å². The zero-order valence-corrected chi connectivity index (χ0v) is 8.70. The first-order chi connectivity index (χ1) is 6.50. The van der Waals surface area contributed by atoms with Crippen molar-refractivity contribution in [3.63, 3.8) is 0 Å². The van der Waals surface area contributed by atoms with Gasteiger partial charge in [-0.05, 0) is 32.4 Å². The molecule has 1 aromatic heterocycles. The van der Waals surface area contributed by atoms with Gasteiger partial charge in [0, 0.05) is 0 Å². The summed E-state index contributed by atoms with van der Waals surface area (Å²) in [5.41, 5.74) is 8.72. The lowest BCUT2D eigenvalue weighted by molar-refractivity contribution is 0.379. The lowest BCUT2D eigenvalue weighted by atomic mass is 10.2. The van der Waals surface area contributed by atoms with Crippen LogP contribution in [-0.4, -0.2) is 9.55 Å². The summed E-state index contributed by atoms with van der Waals surface area (Å²) >= 11 is 0. The smallest absolute Gasteiger partial charge is 0.179 e. The van der Waals surface area contributed by atoms with Crippen molar-refractivity contribution in [3.8, 4) is 0 Å². The highest BCUT2D eigenvalue weighted by molar-refractivity contribution is 5.78. The van der Waals surface area contributed by atoms with Crippen LogP contribution in [0.3, 0.4) is 0 Å². The van der Waals surface area contributed by atoms with E-state index in [0.29, 0.717) is 0 Å². The zero-order chi connectivity index (χ0) is 10.3. The molecule has 0 atom stereocenters. The SMILES string of the molecule is Cc1cccc2c1n[c]n2C(C)(C)N. The molecule has 1 heterocycles. The topological polar surface area (TPSA) is 43.8 Å². The molecule has 0 aliphatic heterocycles. The maximum atomic E-state index is 6.01. The number of para-hydroxylation sites is 1. The summed E-state index contributed by atoms with van der Waals surface area (Å²) in [5.74, 6) is 0. The molecule has 2 rings (SSSR count). The minimum Gasteiger partial charge on any atom is -0.309 e. The van der Waals surface area contributed by atoms with Gasteiger partial charge in [0.2, 0.25) is 0 Å². The number of aromatic nitrogens is 2. The maximum Gasteiger partial charge on any atom is 0.179 e. The van der Waals surface area contributed by atoms with Gasteiger partial charge in [-0.15, -0.1) is 0 Å². The normalized spacial score (nSPS) is 12.3. The molecule has 3 nitrogen and oxygen atoms in total. The van der Waals surface area contributed by atoms with Gasteiger partial charge < -0.3 is 10.3 Å². The third-order valence-corrected chi connectivity index (χ3v) is 2.30. The van der Waals surface area contributed by atoms with Crippen molar-refractivity contribution in [2.45, 2.75) is 26.4 Å². The number of fused-ring (bicyclic) bond motifs is 1. The molecule has 0 bridgehead atoms. The molecule has 0 fully saturated rings. The lowest BCUT2D eigenvalue weighted by Gasteiger charge is -2.20. The molecule has 2 aromatic rings. The molecule has 2 N–H and O–H groups in total. The van der Waals surface area contributed by atoms with Crippen molar-refractivity contribution >= 4 is 11.0 Å². The molecule has 1 radical (unpaired) electrons. The molecule has 0 saturated carbocycles. The Morgan fingerprint density at radius 1 is 1.43 bits per heavy atom. The third kappa shape index (κ3) is 1.30. The van der Waals surface area contributed by atoms with Crippen LogP contribution in [0.25, 0.3) is 11.0 Å². The van der Waals surface area contributed by atoms with Crippen LogP contribution in [0.15, 0.2) is 18.2 Å². The van der Waals surface area contributed by atoms with E-state index in [1.54, 1.807) is 0 Å². The number of hydrogen-bond acceptors (Lipinski definition) is 2. The molecule has 3 heteroatoms. The summed E-state index contributed by atoms with van der Waals surface area (Å²) in [4.78, 5) is 4.24. The van der Waals surface area contributed by atoms with E-state index in [4.69, 9.17) is 5.73 Å². The summed E-state index contributed by atoms with van der Waals surface area (Å²) in [6, 6.07) is 6.06. The van der Waals surface area contributed by atoms with Crippen molar-refractivity contribution in [1.82, 2.24) is 9.55 Å². The van der Waals surface area contributed by atoms with Crippen molar-refractivity contribution in [1.29, 1.82) is 0 Å². The Morgan fingerprint density at radius 2 is 2.14 bits per heavy atom. The van der Waals surface area contributed by atoms with E-state index >= 15 is 0 Å². The lowest BCUT2D eigenvalue weighted by Crippen LogP contribution is -2.35. The minimum absolute atomic E-state index is 0.456. The van der Waals surface area contributed by atoms with Crippen LogP contribution in [-0.2, 0) is 5.66 Å². The third-order valence-electron chi connectivity index (χ3n) is 2.30. The average Bonchev–Trinajstić information content (AvgIpc) is 2.47. The molecule has 0 unspecified atom stereocenters. The predicted molar refractivity (Wildman–Crippen MR) is 56.8 cm³/mol. The van der Waals surface area contributed by atoms with Gasteiger partial charge in [0.05, 0.1) is 16.7 Å². The Balaban J connectivity index is 2.76. The quantitative estimate of drug-likeness (QED) is 0.741. The molecule has 0 saturated heterocycles. The van der Waals surface area contributed by atoms with Gasteiger partial charge in [-0.2, -0.15) is 0 Å². The van der Waals surface area contributed by atoms with E-state index in [2.05, 4.69) is 11.3 Å². The van der Waals surface area contributed by atoms with Crippen molar-refractivity contribution in [2.24, 2.45) is 5.73 Å². The predicted octanol–water partition coefficient (Wildman–Crippen LogP) is 1.80. The van der Waals surface area contributed by atoms with Crippen molar-refractivity contribution in [3.05, 3.63) is 30.1 Å². The summed E-state index contributed by atoms with van der Waals surface area (Å²) in [7, 11) is 0. The van der Waals surface area contributed by atoms with Gasteiger partial charge in [-0.25, -0.2) is 4.98 Å². The first kappa shape index (κ1) is 9.21. The van der Waals surface area contributed by atoms with Gasteiger partial charge in [-0.1, -0.05) is 12.1 Å². The molecular formula is C11H14N3. The standard InChI is InChI=1S/C11H14N3/c1-8-5-4-6-9-10(8)13-7-14(9)11(2,3)12/h4-6H,12H2,1-3H3. The fourth-order valence-electron chi connectivity index (χ4n) is 1.56. The van der Waals surface area contributed by atoms with E-state index in [1.807, 2.05) is 43.5 Å². The maximum absolute atomic E-state index is 6.01. The van der Waals surface area contributed by atoms with Gasteiger partial charge in [0.1, 0.15) is 0 Å². The number of imidazole rings is 1. The number of hydrogen-bond donors (Lipinski definition) is 1. The fraction of sp³-hybridized carbons (Fsp3) is 0.364. The Hall–Kier alpha value is -1.35. The number of benzene rings is 1. The van der Waals surface area contributed by atoms with Crippen LogP contribution in [0.4, 0.5) is 0 Å². The van der Waals surface area contributed by atoms with Crippen molar-refractivity contribution < 1.29 is 0 Å². The number of nitrogens with zero attached hydrogens (tertiary/aromatic N) is 2. The summed E-state index contributed by atoms with van der Waals surface area (Å²) in [5, 5.41) is 0. The van der Waals surface area contributed by atoms with E-state index in [9.17, 15) is 0 Å². The Kier molecular flexibility index (Phi) is 1.86. The Labute approximate surface area is 83.6 Å². The van der Waals surface area contributed by atoms with Crippen LogP contribution < -0.4 is 5.73 Å². The fourth-order valence-corrected chi connectivity index (χ4v) is 1.56. The molecular weight excluding hydrogens is 174 g/mol. The first-order valence-electron chi connectivity index (χ1n) is 4.65. The first-order valence-corrected chi connectivity index (χ1v) is 4.65. The van der Waals surface area contributed by atoms with Gasteiger partial charge >= 0.3 is 0 Å². The van der Waals surface area contributed by atoms with Crippen LogP contribution in [0.1, 0.15) is 19.4 Å². The number of nitrogens with two attached hydrogens (primary N) is 1. The second-order valence-electron chi connectivity index (χ2n) is 4.14. The highest BCUT2D eigenvalue weighted by Gasteiger charge is 2.17. The molecule has 0 spiro atoms. The second kappa shape index (κ2) is 2.82. The number of rotatable bonds is 1. The van der Waals surface area contributed by atoms with E-state index < -0.39 is 5.66 Å². The van der Waals surface area contributed by atoms with Gasteiger partial charge in [0.15, 0.2) is 6.33 Å². The molecule has 0 aliphatic rings. The average molecular weight is 188 g/mol. The van der Waals surface area contributed by atoms with Crippen LogP contribution in [0.2, 0.25) is 0 Å². The molecule has 1 aromatic carbocycles. The number of aryl methyl sites for hydroxylation is 1. The molecule has 14 heavy (non-hydrogen) atoms. The zero-order valence-electron chi connectivity index (χ0n) is 8.70. The van der Waals surface area contributed by atoms with Crippen LogP contribution >= 0.6 is 0 Å². The minimum atomic E-state index is -0.456. The van der Waals surface area contributed by atoms with E-state index in [0.717, 1.165) is 16.6 Å².